The van der Waals surface area contributed by atoms with Crippen LogP contribution >= 0.6 is 0 Å². The number of hydrogen-bond donors (Lipinski definition) is 3. The van der Waals surface area contributed by atoms with Crippen molar-refractivity contribution in [2.24, 2.45) is 0 Å². The third-order valence-electron chi connectivity index (χ3n) is 4.43. The molecule has 0 atom stereocenters. The van der Waals surface area contributed by atoms with E-state index in [1.807, 2.05) is 13.8 Å². The Morgan fingerprint density at radius 2 is 1.47 bits per heavy atom. The van der Waals surface area contributed by atoms with E-state index in [0.717, 1.165) is 5.56 Å². The van der Waals surface area contributed by atoms with Crippen molar-refractivity contribution in [3.05, 3.63) is 89.5 Å². The third-order valence-corrected chi connectivity index (χ3v) is 5.81. The largest absolute Gasteiger partial charge is 0.494 e. The molecule has 0 bridgehead atoms. The standard InChI is InChI=1S/C23H23N3O5S/c1-3-31-20-13-11-19(12-14-20)26-32(29,30)21-6-4-5-18(15-21)23(28)25-24-22(27)17-9-7-16(2)8-10-17/h4-15,26H,3H2,1-2H3,(H,24,27)(H,25,28). The Labute approximate surface area is 186 Å². The number of aryl methyl sites for hydroxylation is 1. The van der Waals surface area contributed by atoms with Gasteiger partial charge in [0.2, 0.25) is 0 Å². The number of ether oxygens (including phenoxy) is 1. The quantitative estimate of drug-likeness (QED) is 0.475. The maximum atomic E-state index is 12.7. The highest BCUT2D eigenvalue weighted by Gasteiger charge is 2.17. The number of nitrogens with one attached hydrogen (secondary N) is 3. The van der Waals surface area contributed by atoms with Crippen molar-refractivity contribution in [2.45, 2.75) is 18.7 Å². The Kier molecular flexibility index (Phi) is 7.11. The normalized spacial score (nSPS) is 10.8. The molecule has 0 fully saturated rings. The molecule has 32 heavy (non-hydrogen) atoms. The number of rotatable bonds is 7. The summed E-state index contributed by atoms with van der Waals surface area (Å²) in [6.45, 7) is 4.26. The predicted octanol–water partition coefficient (Wildman–Crippen LogP) is 3.27. The van der Waals surface area contributed by atoms with Gasteiger partial charge in [0.25, 0.3) is 21.8 Å². The van der Waals surface area contributed by atoms with E-state index in [2.05, 4.69) is 15.6 Å². The van der Waals surface area contributed by atoms with E-state index in [-0.39, 0.29) is 10.5 Å². The van der Waals surface area contributed by atoms with Crippen molar-refractivity contribution in [3.8, 4) is 5.75 Å². The van der Waals surface area contributed by atoms with E-state index in [1.54, 1.807) is 48.5 Å². The van der Waals surface area contributed by atoms with Gasteiger partial charge in [0.05, 0.1) is 11.5 Å². The first-order chi connectivity index (χ1) is 15.3. The van der Waals surface area contributed by atoms with Gasteiger partial charge in [-0.3, -0.25) is 25.2 Å². The Morgan fingerprint density at radius 3 is 2.09 bits per heavy atom. The van der Waals surface area contributed by atoms with Crippen LogP contribution in [0.1, 0.15) is 33.2 Å². The van der Waals surface area contributed by atoms with Gasteiger partial charge < -0.3 is 4.74 Å². The van der Waals surface area contributed by atoms with E-state index >= 15 is 0 Å². The molecule has 0 heterocycles. The van der Waals surface area contributed by atoms with E-state index in [0.29, 0.717) is 23.6 Å². The Bertz CT molecular complexity index is 1210. The van der Waals surface area contributed by atoms with Crippen molar-refractivity contribution >= 4 is 27.5 Å². The van der Waals surface area contributed by atoms with Crippen LogP contribution < -0.4 is 20.3 Å². The molecule has 8 nitrogen and oxygen atoms in total. The molecule has 3 aromatic rings. The summed E-state index contributed by atoms with van der Waals surface area (Å²) in [5.74, 6) is -0.510. The molecule has 0 saturated carbocycles. The van der Waals surface area contributed by atoms with Gasteiger partial charge in [-0.15, -0.1) is 0 Å². The molecule has 0 aliphatic rings. The van der Waals surface area contributed by atoms with Gasteiger partial charge in [0.1, 0.15) is 5.75 Å². The van der Waals surface area contributed by atoms with Gasteiger partial charge >= 0.3 is 0 Å². The smallest absolute Gasteiger partial charge is 0.269 e. The zero-order valence-electron chi connectivity index (χ0n) is 17.6. The lowest BCUT2D eigenvalue weighted by atomic mass is 10.1. The zero-order valence-corrected chi connectivity index (χ0v) is 18.4. The fraction of sp³-hybridized carbons (Fsp3) is 0.130. The minimum Gasteiger partial charge on any atom is -0.494 e. The summed E-state index contributed by atoms with van der Waals surface area (Å²) in [4.78, 5) is 24.5. The monoisotopic (exact) mass is 453 g/mol. The maximum absolute atomic E-state index is 12.7. The molecule has 0 aromatic heterocycles. The average Bonchev–Trinajstić information content (AvgIpc) is 2.79. The molecule has 3 N–H and O–H groups in total. The number of anilines is 1. The average molecular weight is 454 g/mol. The van der Waals surface area contributed by atoms with E-state index in [4.69, 9.17) is 4.74 Å². The minimum absolute atomic E-state index is 0.0729. The Balaban J connectivity index is 1.67. The van der Waals surface area contributed by atoms with Crippen molar-refractivity contribution in [1.82, 2.24) is 10.9 Å². The first-order valence-electron chi connectivity index (χ1n) is 9.81. The fourth-order valence-corrected chi connectivity index (χ4v) is 3.87. The number of benzene rings is 3. The van der Waals surface area contributed by atoms with Crippen molar-refractivity contribution in [2.75, 3.05) is 11.3 Å². The van der Waals surface area contributed by atoms with E-state index < -0.39 is 21.8 Å². The second-order valence-electron chi connectivity index (χ2n) is 6.86. The summed E-state index contributed by atoms with van der Waals surface area (Å²) < 4.78 is 33.2. The number of hydrazine groups is 1. The molecule has 0 aliphatic carbocycles. The molecular formula is C23H23N3O5S. The molecule has 0 aliphatic heterocycles. The lowest BCUT2D eigenvalue weighted by Crippen LogP contribution is -2.41. The van der Waals surface area contributed by atoms with Gasteiger partial charge in [0.15, 0.2) is 0 Å². The highest BCUT2D eigenvalue weighted by Crippen LogP contribution is 2.20. The highest BCUT2D eigenvalue weighted by atomic mass is 32.2. The number of amides is 2. The van der Waals surface area contributed by atoms with Gasteiger partial charge in [0, 0.05) is 16.8 Å². The lowest BCUT2D eigenvalue weighted by molar-refractivity contribution is 0.0846. The van der Waals surface area contributed by atoms with E-state index in [9.17, 15) is 18.0 Å². The number of carbonyl (C=O) groups is 2. The van der Waals surface area contributed by atoms with E-state index in [1.165, 1.54) is 24.3 Å². The second kappa shape index (κ2) is 9.97. The fourth-order valence-electron chi connectivity index (χ4n) is 2.77. The molecule has 9 heteroatoms. The van der Waals surface area contributed by atoms with Gasteiger partial charge in [-0.2, -0.15) is 0 Å². The zero-order chi connectivity index (χ0) is 23.1. The maximum Gasteiger partial charge on any atom is 0.269 e. The summed E-state index contributed by atoms with van der Waals surface area (Å²) in [5, 5.41) is 0. The minimum atomic E-state index is -3.93. The molecule has 2 amide bonds. The van der Waals surface area contributed by atoms with Crippen LogP contribution in [0.5, 0.6) is 5.75 Å². The summed E-state index contributed by atoms with van der Waals surface area (Å²) in [5.41, 5.74) is 6.42. The van der Waals surface area contributed by atoms with Crippen LogP contribution in [-0.2, 0) is 10.0 Å². The molecule has 3 aromatic carbocycles. The predicted molar refractivity (Wildman–Crippen MR) is 121 cm³/mol. The van der Waals surface area contributed by atoms with Gasteiger partial charge in [-0.1, -0.05) is 23.8 Å². The lowest BCUT2D eigenvalue weighted by Gasteiger charge is -2.11. The van der Waals surface area contributed by atoms with Crippen LogP contribution in [0.4, 0.5) is 5.69 Å². The van der Waals surface area contributed by atoms with Crippen LogP contribution in [-0.4, -0.2) is 26.8 Å². The highest BCUT2D eigenvalue weighted by molar-refractivity contribution is 7.92. The summed E-state index contributed by atoms with van der Waals surface area (Å²) >= 11 is 0. The van der Waals surface area contributed by atoms with Crippen LogP contribution in [0.25, 0.3) is 0 Å². The molecule has 166 valence electrons. The second-order valence-corrected chi connectivity index (χ2v) is 8.55. The third kappa shape index (κ3) is 5.86. The van der Waals surface area contributed by atoms with Crippen molar-refractivity contribution in [1.29, 1.82) is 0 Å². The molecule has 0 unspecified atom stereocenters. The molecule has 0 radical (unpaired) electrons. The topological polar surface area (TPSA) is 114 Å². The molecular weight excluding hydrogens is 430 g/mol. The summed E-state index contributed by atoms with van der Waals surface area (Å²) in [7, 11) is -3.93. The first-order valence-corrected chi connectivity index (χ1v) is 11.3. The first kappa shape index (κ1) is 22.8. The molecule has 0 saturated heterocycles. The summed E-state index contributed by atoms with van der Waals surface area (Å²) in [6.07, 6.45) is 0. The van der Waals surface area contributed by atoms with Crippen LogP contribution in [0.3, 0.4) is 0 Å². The number of hydrogen-bond acceptors (Lipinski definition) is 5. The van der Waals surface area contributed by atoms with Gasteiger partial charge in [-0.05, 0) is 68.4 Å². The van der Waals surface area contributed by atoms with Crippen LogP contribution in [0.15, 0.2) is 77.7 Å². The molecule has 3 rings (SSSR count). The van der Waals surface area contributed by atoms with Crippen molar-refractivity contribution < 1.29 is 22.7 Å². The van der Waals surface area contributed by atoms with Crippen LogP contribution in [0.2, 0.25) is 0 Å². The number of sulfonamides is 1. The Morgan fingerprint density at radius 1 is 0.844 bits per heavy atom. The Hall–Kier alpha value is -3.85. The van der Waals surface area contributed by atoms with Crippen molar-refractivity contribution in [3.63, 3.8) is 0 Å². The number of carbonyl (C=O) groups excluding carboxylic acids is 2. The SMILES string of the molecule is CCOc1ccc(NS(=O)(=O)c2cccc(C(=O)NNC(=O)c3ccc(C)cc3)c2)cc1. The summed E-state index contributed by atoms with van der Waals surface area (Å²) in [6, 6.07) is 18.8. The van der Waals surface area contributed by atoms with Crippen LogP contribution in [0, 0.1) is 6.92 Å². The van der Waals surface area contributed by atoms with Gasteiger partial charge in [-0.25, -0.2) is 8.42 Å². The molecule has 0 spiro atoms.